The van der Waals surface area contributed by atoms with Gasteiger partial charge in [-0.15, -0.1) is 0 Å². The van der Waals surface area contributed by atoms with Crippen molar-refractivity contribution in [2.75, 3.05) is 0 Å². The fraction of sp³-hybridized carbons (Fsp3) is 0.286. The molecule has 0 aliphatic rings. The monoisotopic (exact) mass is 349 g/mol. The van der Waals surface area contributed by atoms with Gasteiger partial charge in [-0.25, -0.2) is 0 Å². The molecule has 2 N–H and O–H groups in total. The highest BCUT2D eigenvalue weighted by molar-refractivity contribution is 5.80. The average Bonchev–Trinajstić information content (AvgIpc) is 2.65. The van der Waals surface area contributed by atoms with Gasteiger partial charge in [-0.05, 0) is 59.2 Å². The number of aromatic amines is 1. The van der Waals surface area contributed by atoms with E-state index in [0.29, 0.717) is 24.4 Å². The lowest BCUT2D eigenvalue weighted by Gasteiger charge is -2.09. The highest BCUT2D eigenvalue weighted by Crippen LogP contribution is 2.20. The molecule has 0 aliphatic heterocycles. The Kier molecular flexibility index (Phi) is 5.46. The highest BCUT2D eigenvalue weighted by atomic mass is 16.1. The predicted octanol–water partition coefficient (Wildman–Crippen LogP) is 3.30. The Morgan fingerprint density at radius 3 is 2.65 bits per heavy atom. The molecule has 0 atom stereocenters. The summed E-state index contributed by atoms with van der Waals surface area (Å²) < 4.78 is 0. The van der Waals surface area contributed by atoms with E-state index in [0.717, 1.165) is 16.5 Å². The third-order valence-corrected chi connectivity index (χ3v) is 4.47. The van der Waals surface area contributed by atoms with Crippen molar-refractivity contribution in [2.24, 2.45) is 0 Å². The van der Waals surface area contributed by atoms with Crippen LogP contribution in [0.5, 0.6) is 0 Å². The molecule has 0 spiro atoms. The zero-order valence-electron chi connectivity index (χ0n) is 15.1. The second-order valence-corrected chi connectivity index (χ2v) is 6.76. The van der Waals surface area contributed by atoms with Gasteiger partial charge in [0.2, 0.25) is 5.91 Å². The van der Waals surface area contributed by atoms with Gasteiger partial charge in [-0.3, -0.25) is 14.6 Å². The molecule has 134 valence electrons. The summed E-state index contributed by atoms with van der Waals surface area (Å²) in [5, 5.41) is 3.87. The number of hydrogen-bond acceptors (Lipinski definition) is 3. The van der Waals surface area contributed by atoms with Crippen molar-refractivity contribution in [3.8, 4) is 0 Å². The summed E-state index contributed by atoms with van der Waals surface area (Å²) in [6.07, 6.45) is 4.09. The summed E-state index contributed by atoms with van der Waals surface area (Å²) in [5.41, 5.74) is 3.56. The number of nitrogens with zero attached hydrogens (tertiary/aromatic N) is 1. The Labute approximate surface area is 152 Å². The van der Waals surface area contributed by atoms with Crippen LogP contribution >= 0.6 is 0 Å². The van der Waals surface area contributed by atoms with E-state index in [-0.39, 0.29) is 17.9 Å². The minimum atomic E-state index is -0.128. The summed E-state index contributed by atoms with van der Waals surface area (Å²) in [5.74, 6) is 0.353. The Balaban J connectivity index is 1.67. The summed E-state index contributed by atoms with van der Waals surface area (Å²) in [6.45, 7) is 4.75. The van der Waals surface area contributed by atoms with Crippen LogP contribution < -0.4 is 10.9 Å². The number of H-pyrrole nitrogens is 1. The van der Waals surface area contributed by atoms with E-state index in [9.17, 15) is 9.59 Å². The van der Waals surface area contributed by atoms with Crippen LogP contribution in [-0.4, -0.2) is 15.9 Å². The number of aryl methyl sites for hydroxylation is 1. The van der Waals surface area contributed by atoms with Crippen molar-refractivity contribution < 1.29 is 4.79 Å². The van der Waals surface area contributed by atoms with Crippen molar-refractivity contribution in [3.05, 3.63) is 75.8 Å². The number of rotatable bonds is 6. The zero-order chi connectivity index (χ0) is 18.5. The smallest absolute Gasteiger partial charge is 0.251 e. The molecule has 0 fully saturated rings. The molecule has 0 saturated carbocycles. The molecule has 0 aliphatic carbocycles. The minimum Gasteiger partial charge on any atom is -0.352 e. The number of nitrogens with one attached hydrogen (secondary N) is 2. The normalized spacial score (nSPS) is 11.0. The number of aromatic nitrogens is 2. The van der Waals surface area contributed by atoms with Crippen LogP contribution in [0.1, 0.15) is 42.9 Å². The maximum atomic E-state index is 12.2. The summed E-state index contributed by atoms with van der Waals surface area (Å²) >= 11 is 0. The molecular formula is C21H23N3O2. The van der Waals surface area contributed by atoms with Gasteiger partial charge in [0.05, 0.1) is 0 Å². The first-order chi connectivity index (χ1) is 12.5. The molecule has 1 amide bonds. The maximum absolute atomic E-state index is 12.2. The molecule has 2 heterocycles. The largest absolute Gasteiger partial charge is 0.352 e. The predicted molar refractivity (Wildman–Crippen MR) is 103 cm³/mol. The van der Waals surface area contributed by atoms with E-state index >= 15 is 0 Å². The van der Waals surface area contributed by atoms with Crippen LogP contribution in [-0.2, 0) is 17.8 Å². The van der Waals surface area contributed by atoms with E-state index in [1.807, 2.05) is 30.3 Å². The van der Waals surface area contributed by atoms with E-state index in [2.05, 4.69) is 35.2 Å². The number of fused-ring (bicyclic) bond motifs is 1. The second kappa shape index (κ2) is 7.95. The number of benzene rings is 1. The molecule has 3 rings (SSSR count). The van der Waals surface area contributed by atoms with Gasteiger partial charge in [0.1, 0.15) is 0 Å². The molecule has 1 aromatic carbocycles. The standard InChI is InChI=1S/C21H23N3O2/c1-14(2)16-3-5-19-18(11-16)12-17(21(26)24-19)4-6-20(25)23-13-15-7-9-22-10-8-15/h3,5,7-12,14H,4,6,13H2,1-2H3,(H,23,25)(H,24,26). The van der Waals surface area contributed by atoms with Gasteiger partial charge in [0.25, 0.3) is 5.56 Å². The molecule has 0 saturated heterocycles. The van der Waals surface area contributed by atoms with Crippen LogP contribution in [0.2, 0.25) is 0 Å². The van der Waals surface area contributed by atoms with Crippen LogP contribution in [0.3, 0.4) is 0 Å². The summed E-state index contributed by atoms with van der Waals surface area (Å²) in [7, 11) is 0. The molecule has 3 aromatic rings. The van der Waals surface area contributed by atoms with Crippen molar-refractivity contribution in [2.45, 2.75) is 39.2 Å². The van der Waals surface area contributed by atoms with E-state index in [4.69, 9.17) is 0 Å². The van der Waals surface area contributed by atoms with Gasteiger partial charge in [-0.2, -0.15) is 0 Å². The lowest BCUT2D eigenvalue weighted by Crippen LogP contribution is -2.24. The zero-order valence-corrected chi connectivity index (χ0v) is 15.1. The van der Waals surface area contributed by atoms with Gasteiger partial charge < -0.3 is 10.3 Å². The number of pyridine rings is 2. The molecule has 2 aromatic heterocycles. The first-order valence-corrected chi connectivity index (χ1v) is 8.84. The average molecular weight is 349 g/mol. The molecule has 26 heavy (non-hydrogen) atoms. The first kappa shape index (κ1) is 17.9. The quantitative estimate of drug-likeness (QED) is 0.717. The van der Waals surface area contributed by atoms with E-state index in [1.54, 1.807) is 12.4 Å². The van der Waals surface area contributed by atoms with Gasteiger partial charge in [-0.1, -0.05) is 19.9 Å². The first-order valence-electron chi connectivity index (χ1n) is 8.84. The lowest BCUT2D eigenvalue weighted by molar-refractivity contribution is -0.121. The fourth-order valence-corrected chi connectivity index (χ4v) is 2.85. The highest BCUT2D eigenvalue weighted by Gasteiger charge is 2.08. The number of carbonyl (C=O) groups excluding carboxylic acids is 1. The molecule has 5 nitrogen and oxygen atoms in total. The Morgan fingerprint density at radius 1 is 1.15 bits per heavy atom. The summed E-state index contributed by atoms with van der Waals surface area (Å²) in [6, 6.07) is 11.7. The Hall–Kier alpha value is -2.95. The van der Waals surface area contributed by atoms with Gasteiger partial charge in [0.15, 0.2) is 0 Å². The molecule has 0 radical (unpaired) electrons. The van der Waals surface area contributed by atoms with Crippen molar-refractivity contribution in [3.63, 3.8) is 0 Å². The minimum absolute atomic E-state index is 0.0720. The van der Waals surface area contributed by atoms with E-state index in [1.165, 1.54) is 5.56 Å². The van der Waals surface area contributed by atoms with Crippen LogP contribution in [0.25, 0.3) is 10.9 Å². The molecule has 5 heteroatoms. The molecule has 0 unspecified atom stereocenters. The molecule has 0 bridgehead atoms. The van der Waals surface area contributed by atoms with E-state index < -0.39 is 0 Å². The fourth-order valence-electron chi connectivity index (χ4n) is 2.85. The van der Waals surface area contributed by atoms with Crippen LogP contribution in [0, 0.1) is 0 Å². The molecular weight excluding hydrogens is 326 g/mol. The van der Waals surface area contributed by atoms with Crippen molar-refractivity contribution in [1.82, 2.24) is 15.3 Å². The second-order valence-electron chi connectivity index (χ2n) is 6.76. The topological polar surface area (TPSA) is 74.8 Å². The van der Waals surface area contributed by atoms with Crippen LogP contribution in [0.4, 0.5) is 0 Å². The lowest BCUT2D eigenvalue weighted by atomic mass is 10.00. The van der Waals surface area contributed by atoms with Gasteiger partial charge in [0, 0.05) is 36.4 Å². The third-order valence-electron chi connectivity index (χ3n) is 4.47. The Morgan fingerprint density at radius 2 is 1.92 bits per heavy atom. The van der Waals surface area contributed by atoms with Gasteiger partial charge >= 0.3 is 0 Å². The Bertz CT molecular complexity index is 962. The van der Waals surface area contributed by atoms with Crippen molar-refractivity contribution in [1.29, 1.82) is 0 Å². The maximum Gasteiger partial charge on any atom is 0.251 e. The van der Waals surface area contributed by atoms with Crippen LogP contribution in [0.15, 0.2) is 53.6 Å². The third kappa shape index (κ3) is 4.36. The number of amides is 1. The van der Waals surface area contributed by atoms with Crippen molar-refractivity contribution >= 4 is 16.8 Å². The number of hydrogen-bond donors (Lipinski definition) is 2. The number of carbonyl (C=O) groups is 1. The SMILES string of the molecule is CC(C)c1ccc2[nH]c(=O)c(CCC(=O)NCc3ccncc3)cc2c1. The summed E-state index contributed by atoms with van der Waals surface area (Å²) in [4.78, 5) is 31.2.